The van der Waals surface area contributed by atoms with Gasteiger partial charge in [0.15, 0.2) is 0 Å². The molecule has 0 spiro atoms. The maximum Gasteiger partial charge on any atom is 0.317 e. The minimum Gasteiger partial charge on any atom is -0.481 e. The average Bonchev–Trinajstić information content (AvgIpc) is 3.05. The number of rotatable bonds is 5. The van der Waals surface area contributed by atoms with Gasteiger partial charge in [0.25, 0.3) is 0 Å². The maximum atomic E-state index is 12.6. The van der Waals surface area contributed by atoms with Crippen molar-refractivity contribution >= 4 is 12.0 Å². The zero-order valence-corrected chi connectivity index (χ0v) is 16.0. The molecule has 1 unspecified atom stereocenters. The fraction of sp³-hybridized carbons (Fsp3) is 0.895. The second kappa shape index (κ2) is 8.13. The summed E-state index contributed by atoms with van der Waals surface area (Å²) in [5, 5.41) is 12.5. The number of hydrogen-bond acceptors (Lipinski definition) is 4. The second-order valence-corrected chi connectivity index (χ2v) is 8.65. The number of carbonyl (C=O) groups excluding carboxylic acids is 1. The van der Waals surface area contributed by atoms with Crippen molar-refractivity contribution in [1.29, 1.82) is 0 Å². The van der Waals surface area contributed by atoms with Crippen LogP contribution in [-0.2, 0) is 9.53 Å². The van der Waals surface area contributed by atoms with Crippen molar-refractivity contribution in [3.8, 4) is 0 Å². The highest BCUT2D eigenvalue weighted by molar-refractivity contribution is 5.79. The van der Waals surface area contributed by atoms with Crippen LogP contribution in [0.2, 0.25) is 0 Å². The Morgan fingerprint density at radius 1 is 1.08 bits per heavy atom. The Morgan fingerprint density at radius 3 is 2.38 bits per heavy atom. The van der Waals surface area contributed by atoms with Crippen molar-refractivity contribution in [3.05, 3.63) is 0 Å². The first kappa shape index (κ1) is 19.4. The Bertz CT molecular complexity index is 515. The third-order valence-electron chi connectivity index (χ3n) is 6.47. The van der Waals surface area contributed by atoms with E-state index in [4.69, 9.17) is 4.74 Å². The van der Waals surface area contributed by atoms with Crippen molar-refractivity contribution in [3.63, 3.8) is 0 Å². The predicted molar refractivity (Wildman–Crippen MR) is 98.1 cm³/mol. The van der Waals surface area contributed by atoms with Crippen LogP contribution >= 0.6 is 0 Å². The van der Waals surface area contributed by atoms with Crippen LogP contribution in [-0.4, -0.2) is 79.4 Å². The summed E-state index contributed by atoms with van der Waals surface area (Å²) in [6.07, 6.45) is 6.55. The van der Waals surface area contributed by atoms with Crippen molar-refractivity contribution < 1.29 is 19.4 Å². The third kappa shape index (κ3) is 4.49. The van der Waals surface area contributed by atoms with Gasteiger partial charge in [0.2, 0.25) is 0 Å². The number of likely N-dealkylation sites (tertiary alicyclic amines) is 1. The van der Waals surface area contributed by atoms with E-state index in [1.165, 1.54) is 19.3 Å². The average molecular weight is 367 g/mol. The van der Waals surface area contributed by atoms with E-state index in [9.17, 15) is 14.7 Å². The summed E-state index contributed by atoms with van der Waals surface area (Å²) in [7, 11) is 0. The monoisotopic (exact) mass is 367 g/mol. The van der Waals surface area contributed by atoms with Crippen LogP contribution in [0.4, 0.5) is 4.79 Å². The molecule has 0 bridgehead atoms. The van der Waals surface area contributed by atoms with Crippen LogP contribution in [0.15, 0.2) is 0 Å². The molecule has 2 saturated heterocycles. The molecule has 1 aliphatic carbocycles. The van der Waals surface area contributed by atoms with Gasteiger partial charge in [-0.1, -0.05) is 19.3 Å². The molecule has 26 heavy (non-hydrogen) atoms. The molecular weight excluding hydrogens is 334 g/mol. The summed E-state index contributed by atoms with van der Waals surface area (Å²) in [5.74, 6) is -0.816. The van der Waals surface area contributed by atoms with Crippen molar-refractivity contribution in [2.45, 2.75) is 45.4 Å². The Kier molecular flexibility index (Phi) is 6.07. The molecule has 3 aliphatic rings. The maximum absolute atomic E-state index is 12.6. The predicted octanol–water partition coefficient (Wildman–Crippen LogP) is 1.78. The van der Waals surface area contributed by atoms with Crippen LogP contribution in [0.1, 0.15) is 45.4 Å². The number of carboxylic acid groups (broad SMARTS) is 1. The van der Waals surface area contributed by atoms with E-state index < -0.39 is 11.4 Å². The molecule has 2 heterocycles. The molecule has 7 heteroatoms. The first-order chi connectivity index (χ1) is 12.4. The summed E-state index contributed by atoms with van der Waals surface area (Å²) in [6.45, 7) is 7.78. The van der Waals surface area contributed by atoms with E-state index >= 15 is 0 Å². The highest BCUT2D eigenvalue weighted by Gasteiger charge is 2.42. The minimum atomic E-state index is -0.816. The molecular formula is C19H33N3O4. The summed E-state index contributed by atoms with van der Waals surface area (Å²) in [6, 6.07) is -0.109. The Morgan fingerprint density at radius 2 is 1.77 bits per heavy atom. The fourth-order valence-corrected chi connectivity index (χ4v) is 4.61. The van der Waals surface area contributed by atoms with Crippen molar-refractivity contribution in [1.82, 2.24) is 15.1 Å². The molecule has 0 aromatic heterocycles. The molecule has 3 fully saturated rings. The summed E-state index contributed by atoms with van der Waals surface area (Å²) in [5.41, 5.74) is -0.672. The molecule has 7 nitrogen and oxygen atoms in total. The second-order valence-electron chi connectivity index (χ2n) is 8.65. The van der Waals surface area contributed by atoms with E-state index in [2.05, 4.69) is 10.2 Å². The number of urea groups is 1. The van der Waals surface area contributed by atoms with E-state index in [0.717, 1.165) is 45.7 Å². The molecule has 0 aromatic carbocycles. The molecule has 0 radical (unpaired) electrons. The number of aliphatic carboxylic acids is 1. The lowest BCUT2D eigenvalue weighted by Gasteiger charge is -2.42. The molecule has 1 atom stereocenters. The van der Waals surface area contributed by atoms with Gasteiger partial charge in [-0.3, -0.25) is 9.69 Å². The zero-order chi connectivity index (χ0) is 18.6. The van der Waals surface area contributed by atoms with E-state index in [1.54, 1.807) is 11.8 Å². The quantitative estimate of drug-likeness (QED) is 0.774. The highest BCUT2D eigenvalue weighted by atomic mass is 16.5. The molecule has 1 saturated carbocycles. The number of morpholine rings is 1. The number of nitrogens with one attached hydrogen (secondary N) is 1. The number of hydrogen-bond donors (Lipinski definition) is 2. The van der Waals surface area contributed by atoms with Crippen LogP contribution in [0, 0.1) is 10.8 Å². The van der Waals surface area contributed by atoms with Crippen LogP contribution < -0.4 is 5.32 Å². The van der Waals surface area contributed by atoms with Gasteiger partial charge < -0.3 is 20.1 Å². The minimum absolute atomic E-state index is 0.109. The lowest BCUT2D eigenvalue weighted by Crippen LogP contribution is -2.51. The van der Waals surface area contributed by atoms with E-state index in [0.29, 0.717) is 26.1 Å². The van der Waals surface area contributed by atoms with Crippen molar-refractivity contribution in [2.75, 3.05) is 52.5 Å². The number of amides is 2. The summed E-state index contributed by atoms with van der Waals surface area (Å²) in [4.78, 5) is 28.2. The highest BCUT2D eigenvalue weighted by Crippen LogP contribution is 2.37. The first-order valence-corrected chi connectivity index (χ1v) is 9.99. The molecule has 0 aromatic rings. The molecule has 2 aliphatic heterocycles. The fourth-order valence-electron chi connectivity index (χ4n) is 4.61. The molecule has 148 valence electrons. The largest absolute Gasteiger partial charge is 0.481 e. The molecule has 2 amide bonds. The Labute approximate surface area is 156 Å². The van der Waals surface area contributed by atoms with Gasteiger partial charge in [0.1, 0.15) is 0 Å². The van der Waals surface area contributed by atoms with Gasteiger partial charge >= 0.3 is 12.0 Å². The van der Waals surface area contributed by atoms with Gasteiger partial charge in [-0.15, -0.1) is 0 Å². The van der Waals surface area contributed by atoms with Crippen LogP contribution in [0.25, 0.3) is 0 Å². The van der Waals surface area contributed by atoms with Gasteiger partial charge in [-0.05, 0) is 26.2 Å². The smallest absolute Gasteiger partial charge is 0.317 e. The lowest BCUT2D eigenvalue weighted by molar-refractivity contribution is -0.147. The normalized spacial score (nSPS) is 29.5. The van der Waals surface area contributed by atoms with Crippen LogP contribution in [0.5, 0.6) is 0 Å². The topological polar surface area (TPSA) is 82.1 Å². The molecule has 3 rings (SSSR count). The summed E-state index contributed by atoms with van der Waals surface area (Å²) >= 11 is 0. The van der Waals surface area contributed by atoms with Gasteiger partial charge in [0, 0.05) is 44.7 Å². The number of ether oxygens (including phenoxy) is 1. The van der Waals surface area contributed by atoms with Crippen LogP contribution in [0.3, 0.4) is 0 Å². The summed E-state index contributed by atoms with van der Waals surface area (Å²) < 4.78 is 5.46. The standard InChI is InChI=1S/C19H33N3O4/c1-18(16(23)24)7-8-22(14-18)17(25)20-13-19(5-3-2-4-6-19)15-21-9-11-26-12-10-21/h2-15H2,1H3,(H,20,25)(H,23,24). The Balaban J connectivity index is 1.55. The third-order valence-corrected chi connectivity index (χ3v) is 6.47. The number of carboxylic acids is 1. The Hall–Kier alpha value is -1.34. The van der Waals surface area contributed by atoms with Crippen molar-refractivity contribution in [2.24, 2.45) is 10.8 Å². The van der Waals surface area contributed by atoms with Gasteiger partial charge in [-0.2, -0.15) is 0 Å². The zero-order valence-electron chi connectivity index (χ0n) is 16.0. The number of carbonyl (C=O) groups is 2. The first-order valence-electron chi connectivity index (χ1n) is 9.99. The van der Waals surface area contributed by atoms with E-state index in [-0.39, 0.29) is 11.4 Å². The molecule has 2 N–H and O–H groups in total. The number of nitrogens with zero attached hydrogens (tertiary/aromatic N) is 2. The van der Waals surface area contributed by atoms with Gasteiger partial charge in [-0.25, -0.2) is 4.79 Å². The SMILES string of the molecule is CC1(C(=O)O)CCN(C(=O)NCC2(CN3CCOCC3)CCCCC2)C1. The lowest BCUT2D eigenvalue weighted by atomic mass is 9.73. The van der Waals surface area contributed by atoms with E-state index in [1.807, 2.05) is 0 Å². The van der Waals surface area contributed by atoms with Gasteiger partial charge in [0.05, 0.1) is 18.6 Å².